The summed E-state index contributed by atoms with van der Waals surface area (Å²) in [5, 5.41) is -0.377. The molecule has 1 aliphatic heterocycles. The van der Waals surface area contributed by atoms with Gasteiger partial charge in [-0.25, -0.2) is 8.78 Å². The van der Waals surface area contributed by atoms with Gasteiger partial charge in [0.2, 0.25) is 0 Å². The largest absolute Gasteiger partial charge is 0.457 e. The van der Waals surface area contributed by atoms with Crippen LogP contribution in [0.25, 0.3) is 17.4 Å². The summed E-state index contributed by atoms with van der Waals surface area (Å²) in [6, 6.07) is 13.6. The number of hydrogen-bond acceptors (Lipinski definition) is 4. The van der Waals surface area contributed by atoms with Gasteiger partial charge in [-0.15, -0.1) is 0 Å². The molecule has 3 aromatic rings. The van der Waals surface area contributed by atoms with Crippen LogP contribution in [0.5, 0.6) is 0 Å². The number of rotatable bonds is 4. The van der Waals surface area contributed by atoms with Crippen molar-refractivity contribution in [1.29, 1.82) is 0 Å². The number of carbonyl (C=O) groups excluding carboxylic acids is 2. The fraction of sp³-hybridized carbons (Fsp3) is 0.0476. The minimum atomic E-state index is -0.750. The van der Waals surface area contributed by atoms with Gasteiger partial charge in [0, 0.05) is 16.6 Å². The molecular formula is C21H12BrF2NO3S. The van der Waals surface area contributed by atoms with Gasteiger partial charge in [0.1, 0.15) is 23.2 Å². The highest BCUT2D eigenvalue weighted by Gasteiger charge is 2.35. The van der Waals surface area contributed by atoms with Crippen LogP contribution >= 0.6 is 27.7 Å². The standard InChI is InChI=1S/C21H12BrF2NO3S/c22-13-3-1-2-12(8-13)11-25-20(26)19(29-21(25)27)10-15-5-7-18(28-15)16-6-4-14(23)9-17(16)24/h1-10H,11H2/b19-10+. The number of hydrogen-bond donors (Lipinski definition) is 0. The van der Waals surface area contributed by atoms with Crippen LogP contribution in [0.3, 0.4) is 0 Å². The molecule has 146 valence electrons. The fourth-order valence-electron chi connectivity index (χ4n) is 2.85. The van der Waals surface area contributed by atoms with Crippen LogP contribution in [0.4, 0.5) is 13.6 Å². The maximum absolute atomic E-state index is 13.9. The molecule has 0 saturated carbocycles. The number of amides is 2. The van der Waals surface area contributed by atoms with E-state index in [2.05, 4.69) is 15.9 Å². The Hall–Kier alpha value is -2.71. The highest BCUT2D eigenvalue weighted by Crippen LogP contribution is 2.34. The second-order valence-electron chi connectivity index (χ2n) is 6.22. The summed E-state index contributed by atoms with van der Waals surface area (Å²) in [5.74, 6) is -1.37. The summed E-state index contributed by atoms with van der Waals surface area (Å²) < 4.78 is 33.4. The average molecular weight is 476 g/mol. The molecule has 2 aromatic carbocycles. The van der Waals surface area contributed by atoms with Crippen molar-refractivity contribution < 1.29 is 22.8 Å². The van der Waals surface area contributed by atoms with Gasteiger partial charge in [-0.1, -0.05) is 28.1 Å². The fourth-order valence-corrected chi connectivity index (χ4v) is 4.11. The monoisotopic (exact) mass is 475 g/mol. The first kappa shape index (κ1) is 19.6. The van der Waals surface area contributed by atoms with Crippen LogP contribution < -0.4 is 0 Å². The third-order valence-corrected chi connectivity index (χ3v) is 5.60. The van der Waals surface area contributed by atoms with E-state index >= 15 is 0 Å². The number of thioether (sulfide) groups is 1. The van der Waals surface area contributed by atoms with Crippen LogP contribution in [-0.4, -0.2) is 16.0 Å². The van der Waals surface area contributed by atoms with Crippen molar-refractivity contribution in [1.82, 2.24) is 4.90 Å². The first-order valence-electron chi connectivity index (χ1n) is 8.46. The first-order valence-corrected chi connectivity index (χ1v) is 10.1. The van der Waals surface area contributed by atoms with Crippen LogP contribution in [0.2, 0.25) is 0 Å². The number of carbonyl (C=O) groups is 2. The molecule has 0 bridgehead atoms. The van der Waals surface area contributed by atoms with Gasteiger partial charge in [0.25, 0.3) is 11.1 Å². The predicted molar refractivity (Wildman–Crippen MR) is 110 cm³/mol. The summed E-state index contributed by atoms with van der Waals surface area (Å²) in [6.45, 7) is 0.158. The molecule has 0 aliphatic carbocycles. The second kappa shape index (κ2) is 7.96. The Kier molecular flexibility index (Phi) is 5.38. The molecule has 1 aromatic heterocycles. The molecule has 4 nitrogen and oxygen atoms in total. The Morgan fingerprint density at radius 2 is 1.90 bits per heavy atom. The van der Waals surface area contributed by atoms with E-state index < -0.39 is 17.5 Å². The summed E-state index contributed by atoms with van der Waals surface area (Å²) in [7, 11) is 0. The highest BCUT2D eigenvalue weighted by molar-refractivity contribution is 9.10. The van der Waals surface area contributed by atoms with Gasteiger partial charge in [-0.3, -0.25) is 14.5 Å². The van der Waals surface area contributed by atoms with Crippen LogP contribution in [0, 0.1) is 11.6 Å². The zero-order valence-electron chi connectivity index (χ0n) is 14.7. The molecule has 1 aliphatic rings. The van der Waals surface area contributed by atoms with Gasteiger partial charge in [-0.05, 0) is 53.7 Å². The lowest BCUT2D eigenvalue weighted by Crippen LogP contribution is -2.27. The maximum atomic E-state index is 13.9. The molecule has 29 heavy (non-hydrogen) atoms. The SMILES string of the molecule is O=C1S/C(=C/c2ccc(-c3ccc(F)cc3F)o2)C(=O)N1Cc1cccc(Br)c1. The molecule has 0 radical (unpaired) electrons. The van der Waals surface area contributed by atoms with Crippen molar-refractivity contribution >= 4 is 44.9 Å². The van der Waals surface area contributed by atoms with E-state index in [1.54, 1.807) is 6.07 Å². The molecule has 0 spiro atoms. The van der Waals surface area contributed by atoms with Crippen LogP contribution in [0.15, 0.2) is 68.4 Å². The number of benzene rings is 2. The van der Waals surface area contributed by atoms with Crippen molar-refractivity contribution in [2.24, 2.45) is 0 Å². The smallest absolute Gasteiger partial charge is 0.293 e. The van der Waals surface area contributed by atoms with E-state index in [0.29, 0.717) is 0 Å². The Balaban J connectivity index is 1.55. The summed E-state index contributed by atoms with van der Waals surface area (Å²) in [6.07, 6.45) is 1.44. The molecular weight excluding hydrogens is 464 g/mol. The van der Waals surface area contributed by atoms with E-state index in [1.807, 2.05) is 24.3 Å². The van der Waals surface area contributed by atoms with Gasteiger partial charge < -0.3 is 4.42 Å². The van der Waals surface area contributed by atoms with E-state index in [4.69, 9.17) is 4.42 Å². The molecule has 4 rings (SSSR count). The summed E-state index contributed by atoms with van der Waals surface area (Å²) in [5.41, 5.74) is 0.920. The van der Waals surface area contributed by atoms with Crippen molar-refractivity contribution in [3.05, 3.63) is 86.9 Å². The van der Waals surface area contributed by atoms with Gasteiger partial charge >= 0.3 is 0 Å². The number of nitrogens with zero attached hydrogens (tertiary/aromatic N) is 1. The molecule has 2 amide bonds. The Morgan fingerprint density at radius 1 is 1.07 bits per heavy atom. The van der Waals surface area contributed by atoms with Crippen molar-refractivity contribution in [2.45, 2.75) is 6.54 Å². The third-order valence-electron chi connectivity index (χ3n) is 4.20. The molecule has 0 atom stereocenters. The first-order chi connectivity index (χ1) is 13.9. The van der Waals surface area contributed by atoms with Gasteiger partial charge in [0.05, 0.1) is 17.0 Å². The number of imide groups is 1. The number of furan rings is 1. The lowest BCUT2D eigenvalue weighted by molar-refractivity contribution is -0.123. The van der Waals surface area contributed by atoms with Crippen LogP contribution in [-0.2, 0) is 11.3 Å². The minimum Gasteiger partial charge on any atom is -0.457 e. The Bertz CT molecular complexity index is 1160. The quantitative estimate of drug-likeness (QED) is 0.420. The zero-order valence-corrected chi connectivity index (χ0v) is 17.1. The third kappa shape index (κ3) is 4.18. The number of halogens is 3. The van der Waals surface area contributed by atoms with Crippen molar-refractivity contribution in [3.63, 3.8) is 0 Å². The minimum absolute atomic E-state index is 0.105. The van der Waals surface area contributed by atoms with Crippen LogP contribution in [0.1, 0.15) is 11.3 Å². The highest BCUT2D eigenvalue weighted by atomic mass is 79.9. The topological polar surface area (TPSA) is 50.5 Å². The molecule has 0 unspecified atom stereocenters. The lowest BCUT2D eigenvalue weighted by Gasteiger charge is -2.12. The van der Waals surface area contributed by atoms with E-state index in [1.165, 1.54) is 18.2 Å². The molecule has 1 fully saturated rings. The average Bonchev–Trinajstić information content (AvgIpc) is 3.22. The molecule has 1 saturated heterocycles. The van der Waals surface area contributed by atoms with E-state index in [-0.39, 0.29) is 33.8 Å². The summed E-state index contributed by atoms with van der Waals surface area (Å²) in [4.78, 5) is 26.3. The van der Waals surface area contributed by atoms with Crippen molar-refractivity contribution in [3.8, 4) is 11.3 Å². The van der Waals surface area contributed by atoms with E-state index in [9.17, 15) is 18.4 Å². The Morgan fingerprint density at radius 3 is 2.66 bits per heavy atom. The zero-order chi connectivity index (χ0) is 20.5. The lowest BCUT2D eigenvalue weighted by atomic mass is 10.1. The van der Waals surface area contributed by atoms with Gasteiger partial charge in [-0.2, -0.15) is 0 Å². The molecule has 2 heterocycles. The van der Waals surface area contributed by atoms with E-state index in [0.717, 1.165) is 38.8 Å². The Labute approximate surface area is 177 Å². The molecule has 0 N–H and O–H groups in total. The van der Waals surface area contributed by atoms with Gasteiger partial charge in [0.15, 0.2) is 0 Å². The molecule has 8 heteroatoms. The predicted octanol–water partition coefficient (Wildman–Crippen LogP) is 6.22. The van der Waals surface area contributed by atoms with Crippen molar-refractivity contribution in [2.75, 3.05) is 0 Å². The second-order valence-corrected chi connectivity index (χ2v) is 8.13. The normalized spacial score (nSPS) is 15.6. The maximum Gasteiger partial charge on any atom is 0.293 e. The summed E-state index contributed by atoms with van der Waals surface area (Å²) >= 11 is 4.18.